The van der Waals surface area contributed by atoms with Gasteiger partial charge >= 0.3 is 0 Å². The van der Waals surface area contributed by atoms with Crippen molar-refractivity contribution in [2.75, 3.05) is 0 Å². The number of aromatic nitrogens is 3. The van der Waals surface area contributed by atoms with Gasteiger partial charge in [-0.05, 0) is 69.6 Å². The molecule has 0 N–H and O–H groups in total. The standard InChI is InChI=1S/C43H26BN3S/c1-3-11-27(12-4-1)29-19-20-34-40(23-29)48-41-25-31(47-37-17-9-7-15-32(37)33-16-8-10-18-38(33)47)24-39-42(41)44(34)35-21-30(28-13-5-2-6-14-28)22-36-43(35)46(39)26-45-36/h1-26H. The van der Waals surface area contributed by atoms with Crippen molar-refractivity contribution in [1.29, 1.82) is 0 Å². The Balaban J connectivity index is 1.22. The molecule has 48 heavy (non-hydrogen) atoms. The van der Waals surface area contributed by atoms with Gasteiger partial charge in [0.1, 0.15) is 6.33 Å². The van der Waals surface area contributed by atoms with Crippen LogP contribution in [0.25, 0.3) is 66.5 Å². The quantitative estimate of drug-likeness (QED) is 0.183. The van der Waals surface area contributed by atoms with Crippen LogP contribution in [0.2, 0.25) is 0 Å². The summed E-state index contributed by atoms with van der Waals surface area (Å²) in [5.74, 6) is 0. The number of imidazole rings is 1. The fourth-order valence-electron chi connectivity index (χ4n) is 8.15. The molecule has 0 radical (unpaired) electrons. The molecule has 2 aliphatic rings. The first-order valence-electron chi connectivity index (χ1n) is 16.4. The van der Waals surface area contributed by atoms with Gasteiger partial charge in [-0.2, -0.15) is 0 Å². The van der Waals surface area contributed by atoms with E-state index in [9.17, 15) is 0 Å². The van der Waals surface area contributed by atoms with Crippen LogP contribution in [0.15, 0.2) is 168 Å². The summed E-state index contributed by atoms with van der Waals surface area (Å²) < 4.78 is 4.78. The third kappa shape index (κ3) is 3.65. The van der Waals surface area contributed by atoms with Crippen LogP contribution in [0.1, 0.15) is 0 Å². The zero-order chi connectivity index (χ0) is 31.3. The lowest BCUT2D eigenvalue weighted by Crippen LogP contribution is -2.58. The van der Waals surface area contributed by atoms with Gasteiger partial charge in [0.25, 0.3) is 0 Å². The molecule has 0 unspecified atom stereocenters. The van der Waals surface area contributed by atoms with E-state index in [0.717, 1.165) is 5.52 Å². The van der Waals surface area contributed by atoms with Gasteiger partial charge in [-0.3, -0.25) is 4.57 Å². The predicted molar refractivity (Wildman–Crippen MR) is 202 cm³/mol. The highest BCUT2D eigenvalue weighted by Crippen LogP contribution is 2.40. The van der Waals surface area contributed by atoms with Crippen molar-refractivity contribution in [3.05, 3.63) is 158 Å². The van der Waals surface area contributed by atoms with Crippen molar-refractivity contribution in [2.24, 2.45) is 0 Å². The van der Waals surface area contributed by atoms with Crippen LogP contribution in [0, 0.1) is 0 Å². The average molecular weight is 628 g/mol. The highest BCUT2D eigenvalue weighted by atomic mass is 32.2. The molecule has 0 saturated carbocycles. The Kier molecular flexibility index (Phi) is 5.41. The molecule has 9 aromatic rings. The summed E-state index contributed by atoms with van der Waals surface area (Å²) in [5, 5.41) is 2.54. The highest BCUT2D eigenvalue weighted by Gasteiger charge is 2.39. The fourth-order valence-corrected chi connectivity index (χ4v) is 9.39. The van der Waals surface area contributed by atoms with Crippen molar-refractivity contribution in [1.82, 2.24) is 14.1 Å². The minimum absolute atomic E-state index is 0.0960. The first kappa shape index (κ1) is 26.3. The Morgan fingerprint density at radius 1 is 0.521 bits per heavy atom. The minimum atomic E-state index is 0.0960. The van der Waals surface area contributed by atoms with Crippen molar-refractivity contribution >= 4 is 67.7 Å². The smallest absolute Gasteiger partial charge is 0.249 e. The average Bonchev–Trinajstić information content (AvgIpc) is 3.73. The van der Waals surface area contributed by atoms with E-state index in [1.165, 1.54) is 87.1 Å². The number of hydrogen-bond acceptors (Lipinski definition) is 2. The van der Waals surface area contributed by atoms with Gasteiger partial charge in [-0.15, -0.1) is 0 Å². The van der Waals surface area contributed by atoms with E-state index < -0.39 is 0 Å². The van der Waals surface area contributed by atoms with Crippen LogP contribution in [0.4, 0.5) is 0 Å². The summed E-state index contributed by atoms with van der Waals surface area (Å²) in [5.41, 5.74) is 16.0. The molecule has 0 saturated heterocycles. The topological polar surface area (TPSA) is 22.8 Å². The van der Waals surface area contributed by atoms with Crippen LogP contribution in [0.3, 0.4) is 0 Å². The van der Waals surface area contributed by atoms with Crippen LogP contribution < -0.4 is 16.4 Å². The maximum atomic E-state index is 5.05. The molecule has 0 spiro atoms. The molecule has 5 heteroatoms. The molecule has 7 aromatic carbocycles. The molecule has 2 aliphatic heterocycles. The number of para-hydroxylation sites is 2. The normalized spacial score (nSPS) is 12.9. The molecular weight excluding hydrogens is 601 g/mol. The van der Waals surface area contributed by atoms with E-state index in [0.29, 0.717) is 0 Å². The SMILES string of the molecule is c1ccc(-c2ccc3c(c2)Sc2cc(-n4c5ccccc5c5ccccc54)cc4c2B3c2cc(-c3ccccc3)cc3ncn-4c23)cc1. The summed E-state index contributed by atoms with van der Waals surface area (Å²) in [6.45, 7) is 0.0960. The first-order chi connectivity index (χ1) is 23.8. The van der Waals surface area contributed by atoms with Crippen LogP contribution in [-0.2, 0) is 0 Å². The van der Waals surface area contributed by atoms with E-state index in [1.807, 2.05) is 18.1 Å². The van der Waals surface area contributed by atoms with Crippen LogP contribution in [-0.4, -0.2) is 20.8 Å². The van der Waals surface area contributed by atoms with Crippen molar-refractivity contribution < 1.29 is 0 Å². The van der Waals surface area contributed by atoms with Crippen molar-refractivity contribution in [2.45, 2.75) is 9.79 Å². The number of nitrogens with zero attached hydrogens (tertiary/aromatic N) is 3. The zero-order valence-electron chi connectivity index (χ0n) is 25.8. The molecule has 0 bridgehead atoms. The van der Waals surface area contributed by atoms with E-state index >= 15 is 0 Å². The fraction of sp³-hybridized carbons (Fsp3) is 0. The molecule has 0 amide bonds. The van der Waals surface area contributed by atoms with E-state index in [2.05, 4.69) is 161 Å². The second-order valence-electron chi connectivity index (χ2n) is 12.8. The molecule has 4 heterocycles. The zero-order valence-corrected chi connectivity index (χ0v) is 26.7. The maximum absolute atomic E-state index is 5.05. The molecular formula is C43H26BN3S. The second kappa shape index (κ2) is 9.87. The van der Waals surface area contributed by atoms with E-state index in [1.54, 1.807) is 0 Å². The van der Waals surface area contributed by atoms with Gasteiger partial charge in [0.2, 0.25) is 6.71 Å². The highest BCUT2D eigenvalue weighted by molar-refractivity contribution is 8.00. The largest absolute Gasteiger partial charge is 0.309 e. The predicted octanol–water partition coefficient (Wildman–Crippen LogP) is 8.75. The van der Waals surface area contributed by atoms with Crippen LogP contribution >= 0.6 is 11.8 Å². The van der Waals surface area contributed by atoms with Gasteiger partial charge in [0.15, 0.2) is 0 Å². The van der Waals surface area contributed by atoms with Gasteiger partial charge < -0.3 is 4.57 Å². The van der Waals surface area contributed by atoms with Gasteiger partial charge in [0, 0.05) is 31.9 Å². The Hall–Kier alpha value is -5.78. The molecule has 0 fully saturated rings. The lowest BCUT2D eigenvalue weighted by atomic mass is 9.35. The van der Waals surface area contributed by atoms with Gasteiger partial charge in [-0.1, -0.05) is 132 Å². The molecule has 0 aliphatic carbocycles. The minimum Gasteiger partial charge on any atom is -0.309 e. The van der Waals surface area contributed by atoms with Crippen molar-refractivity contribution in [3.63, 3.8) is 0 Å². The lowest BCUT2D eigenvalue weighted by molar-refractivity contribution is 1.07. The summed E-state index contributed by atoms with van der Waals surface area (Å²) in [4.78, 5) is 7.65. The molecule has 11 rings (SSSR count). The summed E-state index contributed by atoms with van der Waals surface area (Å²) in [6, 6.07) is 55.5. The number of hydrogen-bond donors (Lipinski definition) is 0. The Labute approximate surface area is 282 Å². The number of benzene rings is 7. The maximum Gasteiger partial charge on any atom is 0.249 e. The summed E-state index contributed by atoms with van der Waals surface area (Å²) in [7, 11) is 0. The monoisotopic (exact) mass is 627 g/mol. The summed E-state index contributed by atoms with van der Waals surface area (Å²) >= 11 is 1.90. The lowest BCUT2D eigenvalue weighted by Gasteiger charge is -2.33. The van der Waals surface area contributed by atoms with E-state index in [4.69, 9.17) is 4.98 Å². The second-order valence-corrected chi connectivity index (χ2v) is 13.9. The molecule has 3 nitrogen and oxygen atoms in total. The van der Waals surface area contributed by atoms with Crippen LogP contribution in [0.5, 0.6) is 0 Å². The number of rotatable bonds is 3. The Morgan fingerprint density at radius 3 is 1.92 bits per heavy atom. The van der Waals surface area contributed by atoms with Gasteiger partial charge in [0.05, 0.1) is 22.1 Å². The summed E-state index contributed by atoms with van der Waals surface area (Å²) in [6.07, 6.45) is 2.03. The Bertz CT molecular complexity index is 2710. The third-order valence-electron chi connectivity index (χ3n) is 10.2. The molecule has 2 aromatic heterocycles. The molecule has 222 valence electrons. The van der Waals surface area contributed by atoms with Gasteiger partial charge in [-0.25, -0.2) is 4.98 Å². The molecule has 0 atom stereocenters. The van der Waals surface area contributed by atoms with E-state index in [-0.39, 0.29) is 6.71 Å². The first-order valence-corrected chi connectivity index (χ1v) is 17.2. The third-order valence-corrected chi connectivity index (χ3v) is 11.4. The number of fused-ring (bicyclic) bond motifs is 7. The van der Waals surface area contributed by atoms with Crippen molar-refractivity contribution in [3.8, 4) is 33.6 Å². The Morgan fingerprint density at radius 2 is 1.19 bits per heavy atom.